The number of amides is 1. The Kier molecular flexibility index (Phi) is 3.69. The summed E-state index contributed by atoms with van der Waals surface area (Å²) in [6, 6.07) is 4.03. The number of hydrogen-bond donors (Lipinski definition) is 1. The minimum atomic E-state index is -1.72. The summed E-state index contributed by atoms with van der Waals surface area (Å²) in [6.45, 7) is 0. The topological polar surface area (TPSA) is 29.1 Å². The molecule has 2 rings (SSSR count). The lowest BCUT2D eigenvalue weighted by molar-refractivity contribution is 0.102. The van der Waals surface area contributed by atoms with Gasteiger partial charge in [-0.15, -0.1) is 0 Å². The quantitative estimate of drug-likeness (QED) is 0.663. The van der Waals surface area contributed by atoms with Crippen LogP contribution in [0.3, 0.4) is 0 Å². The van der Waals surface area contributed by atoms with Crippen molar-refractivity contribution in [1.29, 1.82) is 0 Å². The molecule has 2 aromatic rings. The van der Waals surface area contributed by atoms with Gasteiger partial charge >= 0.3 is 0 Å². The molecule has 7 heteroatoms. The van der Waals surface area contributed by atoms with Gasteiger partial charge in [-0.1, -0.05) is 0 Å². The Bertz CT molecular complexity index is 643. The Morgan fingerprint density at radius 3 is 1.85 bits per heavy atom. The van der Waals surface area contributed by atoms with E-state index < -0.39 is 40.7 Å². The average Bonchev–Trinajstić information content (AvgIpc) is 2.42. The Hall–Kier alpha value is -2.44. The van der Waals surface area contributed by atoms with E-state index in [0.717, 1.165) is 24.3 Å². The molecular formula is C13H6F5NO. The fourth-order valence-electron chi connectivity index (χ4n) is 1.47. The van der Waals surface area contributed by atoms with Crippen LogP contribution in [0.1, 0.15) is 10.4 Å². The van der Waals surface area contributed by atoms with E-state index in [2.05, 4.69) is 0 Å². The first kappa shape index (κ1) is 14.0. The molecule has 0 unspecified atom stereocenters. The van der Waals surface area contributed by atoms with E-state index in [1.807, 2.05) is 0 Å². The maximum atomic E-state index is 13.3. The van der Waals surface area contributed by atoms with Crippen molar-refractivity contribution >= 4 is 11.6 Å². The number of halogens is 5. The number of hydrogen-bond acceptors (Lipinski definition) is 1. The average molecular weight is 287 g/mol. The first-order valence-corrected chi connectivity index (χ1v) is 5.30. The van der Waals surface area contributed by atoms with Gasteiger partial charge < -0.3 is 5.32 Å². The molecule has 20 heavy (non-hydrogen) atoms. The summed E-state index contributed by atoms with van der Waals surface area (Å²) in [7, 11) is 0. The molecule has 0 aromatic heterocycles. The van der Waals surface area contributed by atoms with Gasteiger partial charge in [-0.05, 0) is 24.3 Å². The van der Waals surface area contributed by atoms with Gasteiger partial charge in [-0.25, -0.2) is 22.0 Å². The van der Waals surface area contributed by atoms with Crippen molar-refractivity contribution in [3.8, 4) is 0 Å². The zero-order valence-electron chi connectivity index (χ0n) is 9.68. The van der Waals surface area contributed by atoms with Crippen molar-refractivity contribution in [3.63, 3.8) is 0 Å². The van der Waals surface area contributed by atoms with Crippen molar-refractivity contribution in [1.82, 2.24) is 0 Å². The number of nitrogens with one attached hydrogen (secondary N) is 1. The second-order valence-electron chi connectivity index (χ2n) is 3.80. The molecular weight excluding hydrogens is 281 g/mol. The van der Waals surface area contributed by atoms with Crippen molar-refractivity contribution in [2.45, 2.75) is 0 Å². The number of carbonyl (C=O) groups is 1. The Balaban J connectivity index is 2.35. The first-order chi connectivity index (χ1) is 9.40. The van der Waals surface area contributed by atoms with Gasteiger partial charge in [-0.2, -0.15) is 0 Å². The van der Waals surface area contributed by atoms with E-state index in [9.17, 15) is 26.7 Å². The van der Waals surface area contributed by atoms with Crippen LogP contribution < -0.4 is 5.32 Å². The smallest absolute Gasteiger partial charge is 0.255 e. The van der Waals surface area contributed by atoms with E-state index in [-0.39, 0.29) is 11.6 Å². The second kappa shape index (κ2) is 5.28. The summed E-state index contributed by atoms with van der Waals surface area (Å²) in [5.41, 5.74) is -1.37. The van der Waals surface area contributed by atoms with Crippen molar-refractivity contribution in [3.05, 3.63) is 65.0 Å². The summed E-state index contributed by atoms with van der Waals surface area (Å²) in [4.78, 5) is 11.6. The molecule has 0 aliphatic rings. The van der Waals surface area contributed by atoms with Gasteiger partial charge in [0.1, 0.15) is 11.5 Å². The highest BCUT2D eigenvalue weighted by molar-refractivity contribution is 6.04. The maximum Gasteiger partial charge on any atom is 0.255 e. The molecule has 2 aromatic carbocycles. The third-order valence-corrected chi connectivity index (χ3v) is 2.46. The Labute approximate surface area is 109 Å². The lowest BCUT2D eigenvalue weighted by Crippen LogP contribution is -2.15. The van der Waals surface area contributed by atoms with Crippen LogP contribution in [-0.4, -0.2) is 5.91 Å². The summed E-state index contributed by atoms with van der Waals surface area (Å²) < 4.78 is 65.2. The molecule has 104 valence electrons. The molecule has 0 aliphatic carbocycles. The lowest BCUT2D eigenvalue weighted by Gasteiger charge is -2.09. The first-order valence-electron chi connectivity index (χ1n) is 5.30. The molecule has 0 saturated carbocycles. The normalized spacial score (nSPS) is 10.4. The van der Waals surface area contributed by atoms with Gasteiger partial charge in [0.25, 0.3) is 5.91 Å². The second-order valence-corrected chi connectivity index (χ2v) is 3.80. The van der Waals surface area contributed by atoms with Gasteiger partial charge in [0.05, 0.1) is 0 Å². The number of rotatable bonds is 2. The van der Waals surface area contributed by atoms with E-state index in [1.165, 1.54) is 0 Å². The molecule has 1 amide bonds. The molecule has 0 bridgehead atoms. The van der Waals surface area contributed by atoms with E-state index in [0.29, 0.717) is 0 Å². The van der Waals surface area contributed by atoms with Gasteiger partial charge in [0.2, 0.25) is 0 Å². The van der Waals surface area contributed by atoms with Crippen LogP contribution in [0.25, 0.3) is 0 Å². The SMILES string of the molecule is O=C(Nc1c(F)c(F)cc(F)c1F)c1ccc(F)cc1. The number of benzene rings is 2. The largest absolute Gasteiger partial charge is 0.317 e. The predicted molar refractivity (Wildman–Crippen MR) is 60.6 cm³/mol. The monoisotopic (exact) mass is 287 g/mol. The van der Waals surface area contributed by atoms with E-state index >= 15 is 0 Å². The van der Waals surface area contributed by atoms with Crippen LogP contribution in [0, 0.1) is 29.1 Å². The summed E-state index contributed by atoms with van der Waals surface area (Å²) in [5, 5.41) is 1.70. The van der Waals surface area contributed by atoms with E-state index in [4.69, 9.17) is 0 Å². The van der Waals surface area contributed by atoms with Crippen molar-refractivity contribution in [2.75, 3.05) is 5.32 Å². The van der Waals surface area contributed by atoms with Gasteiger partial charge in [0, 0.05) is 11.6 Å². The highest BCUT2D eigenvalue weighted by Gasteiger charge is 2.21. The third-order valence-electron chi connectivity index (χ3n) is 2.46. The fourth-order valence-corrected chi connectivity index (χ4v) is 1.47. The summed E-state index contributed by atoms with van der Waals surface area (Å²) in [6.07, 6.45) is 0. The van der Waals surface area contributed by atoms with Crippen LogP contribution in [0.15, 0.2) is 30.3 Å². The molecule has 0 aliphatic heterocycles. The van der Waals surface area contributed by atoms with Crippen LogP contribution in [0.2, 0.25) is 0 Å². The van der Waals surface area contributed by atoms with Crippen LogP contribution >= 0.6 is 0 Å². The predicted octanol–water partition coefficient (Wildman–Crippen LogP) is 3.63. The highest BCUT2D eigenvalue weighted by atomic mass is 19.2. The molecule has 0 saturated heterocycles. The third kappa shape index (κ3) is 2.61. The zero-order valence-corrected chi connectivity index (χ0v) is 9.68. The minimum absolute atomic E-state index is 0.0260. The minimum Gasteiger partial charge on any atom is -0.317 e. The molecule has 0 atom stereocenters. The van der Waals surface area contributed by atoms with Crippen LogP contribution in [-0.2, 0) is 0 Å². The lowest BCUT2D eigenvalue weighted by atomic mass is 10.2. The van der Waals surface area contributed by atoms with Crippen LogP contribution in [0.5, 0.6) is 0 Å². The van der Waals surface area contributed by atoms with Gasteiger partial charge in [0.15, 0.2) is 23.3 Å². The van der Waals surface area contributed by atoms with Crippen molar-refractivity contribution < 1.29 is 26.7 Å². The van der Waals surface area contributed by atoms with E-state index in [1.54, 1.807) is 5.32 Å². The standard InChI is InChI=1S/C13H6F5NO/c14-7-3-1-6(2-4-7)13(20)19-12-10(17)8(15)5-9(16)11(12)18/h1-5H,(H,19,20). The summed E-state index contributed by atoms with van der Waals surface area (Å²) in [5.74, 6) is -8.38. The molecule has 1 N–H and O–H groups in total. The van der Waals surface area contributed by atoms with Crippen LogP contribution in [0.4, 0.5) is 27.6 Å². The Morgan fingerprint density at radius 2 is 1.35 bits per heavy atom. The summed E-state index contributed by atoms with van der Waals surface area (Å²) >= 11 is 0. The maximum absolute atomic E-state index is 13.3. The molecule has 2 nitrogen and oxygen atoms in total. The highest BCUT2D eigenvalue weighted by Crippen LogP contribution is 2.24. The zero-order chi connectivity index (χ0) is 14.9. The number of carbonyl (C=O) groups excluding carboxylic acids is 1. The van der Waals surface area contributed by atoms with Gasteiger partial charge in [-0.3, -0.25) is 4.79 Å². The van der Waals surface area contributed by atoms with Crippen molar-refractivity contribution in [2.24, 2.45) is 0 Å². The molecule has 0 heterocycles. The molecule has 0 spiro atoms. The Morgan fingerprint density at radius 1 is 0.850 bits per heavy atom. The molecule has 0 radical (unpaired) electrons. The fraction of sp³-hybridized carbons (Fsp3) is 0. The number of anilines is 1. The molecule has 0 fully saturated rings.